The molecule has 0 aliphatic heterocycles. The molecule has 1 aliphatic rings. The Morgan fingerprint density at radius 2 is 2.00 bits per heavy atom. The molecule has 4 heteroatoms. The van der Waals surface area contributed by atoms with Crippen LogP contribution in [0.5, 0.6) is 0 Å². The first-order chi connectivity index (χ1) is 10.3. The highest BCUT2D eigenvalue weighted by atomic mass is 16.4. The molecule has 2 aromatic rings. The average Bonchev–Trinajstić information content (AvgIpc) is 3.17. The van der Waals surface area contributed by atoms with Gasteiger partial charge in [0.25, 0.3) is 0 Å². The molecule has 0 atom stereocenters. The molecule has 1 aromatic carbocycles. The number of aromatic nitrogens is 1. The number of aryl methyl sites for hydroxylation is 1. The topological polar surface area (TPSA) is 55.1 Å². The van der Waals surface area contributed by atoms with E-state index in [1.54, 1.807) is 6.20 Å². The molecular formula is C17H20N2O2. The van der Waals surface area contributed by atoms with E-state index < -0.39 is 0 Å². The van der Waals surface area contributed by atoms with E-state index in [9.17, 15) is 4.79 Å². The van der Waals surface area contributed by atoms with Crippen LogP contribution in [-0.4, -0.2) is 16.9 Å². The van der Waals surface area contributed by atoms with E-state index in [0.717, 1.165) is 24.2 Å². The van der Waals surface area contributed by atoms with Crippen LogP contribution in [0.2, 0.25) is 0 Å². The summed E-state index contributed by atoms with van der Waals surface area (Å²) in [5.41, 5.74) is 1.01. The van der Waals surface area contributed by atoms with Crippen LogP contribution >= 0.6 is 0 Å². The summed E-state index contributed by atoms with van der Waals surface area (Å²) in [6, 6.07) is 10.2. The van der Waals surface area contributed by atoms with Crippen molar-refractivity contribution in [2.75, 3.05) is 0 Å². The molecule has 1 saturated carbocycles. The smallest absolute Gasteiger partial charge is 0.220 e. The highest BCUT2D eigenvalue weighted by molar-refractivity contribution is 5.76. The summed E-state index contributed by atoms with van der Waals surface area (Å²) in [4.78, 5) is 16.1. The molecule has 1 amide bonds. The minimum Gasteiger partial charge on any atom is -0.441 e. The van der Waals surface area contributed by atoms with Crippen LogP contribution in [0.1, 0.15) is 38.0 Å². The fourth-order valence-electron chi connectivity index (χ4n) is 2.75. The number of carbonyl (C=O) groups excluding carboxylic acids is 1. The van der Waals surface area contributed by atoms with E-state index in [1.807, 2.05) is 30.3 Å². The number of hydrogen-bond donors (Lipinski definition) is 1. The van der Waals surface area contributed by atoms with Crippen LogP contribution in [0, 0.1) is 0 Å². The number of carbonyl (C=O) groups is 1. The van der Waals surface area contributed by atoms with Crippen LogP contribution in [0.15, 0.2) is 40.9 Å². The Morgan fingerprint density at radius 3 is 2.76 bits per heavy atom. The summed E-state index contributed by atoms with van der Waals surface area (Å²) < 4.78 is 5.70. The van der Waals surface area contributed by atoms with Crippen molar-refractivity contribution in [2.45, 2.75) is 44.6 Å². The molecule has 0 radical (unpaired) electrons. The second kappa shape index (κ2) is 6.57. The van der Waals surface area contributed by atoms with Gasteiger partial charge in [0.2, 0.25) is 5.91 Å². The Kier molecular flexibility index (Phi) is 4.34. The predicted octanol–water partition coefficient (Wildman–Crippen LogP) is 3.33. The summed E-state index contributed by atoms with van der Waals surface area (Å²) in [7, 11) is 0. The maximum atomic E-state index is 11.9. The van der Waals surface area contributed by atoms with Crippen molar-refractivity contribution in [2.24, 2.45) is 0 Å². The predicted molar refractivity (Wildman–Crippen MR) is 80.7 cm³/mol. The zero-order chi connectivity index (χ0) is 14.5. The molecular weight excluding hydrogens is 264 g/mol. The van der Waals surface area contributed by atoms with Crippen molar-refractivity contribution < 1.29 is 9.21 Å². The van der Waals surface area contributed by atoms with Crippen molar-refractivity contribution in [3.05, 3.63) is 42.4 Å². The number of oxazole rings is 1. The van der Waals surface area contributed by atoms with E-state index >= 15 is 0 Å². The maximum absolute atomic E-state index is 11.9. The zero-order valence-electron chi connectivity index (χ0n) is 12.0. The van der Waals surface area contributed by atoms with Gasteiger partial charge in [-0.2, -0.15) is 0 Å². The number of benzene rings is 1. The van der Waals surface area contributed by atoms with Gasteiger partial charge in [0, 0.05) is 24.4 Å². The van der Waals surface area contributed by atoms with Gasteiger partial charge < -0.3 is 9.73 Å². The summed E-state index contributed by atoms with van der Waals surface area (Å²) in [5.74, 6) is 1.47. The SMILES string of the molecule is O=C(CCc1ncc(-c2ccccc2)o1)NC1CCCC1. The molecule has 3 rings (SSSR count). The van der Waals surface area contributed by atoms with Gasteiger partial charge in [0.05, 0.1) is 6.20 Å². The Labute approximate surface area is 124 Å². The zero-order valence-corrected chi connectivity index (χ0v) is 12.0. The van der Waals surface area contributed by atoms with Crippen LogP contribution in [0.4, 0.5) is 0 Å². The highest BCUT2D eigenvalue weighted by Crippen LogP contribution is 2.20. The van der Waals surface area contributed by atoms with E-state index in [1.165, 1.54) is 12.8 Å². The molecule has 1 N–H and O–H groups in total. The van der Waals surface area contributed by atoms with Crippen molar-refractivity contribution >= 4 is 5.91 Å². The number of nitrogens with zero attached hydrogens (tertiary/aromatic N) is 1. The lowest BCUT2D eigenvalue weighted by molar-refractivity contribution is -0.121. The quantitative estimate of drug-likeness (QED) is 0.916. The van der Waals surface area contributed by atoms with Crippen molar-refractivity contribution in [1.82, 2.24) is 10.3 Å². The molecule has 1 aromatic heterocycles. The third-order valence-electron chi connectivity index (χ3n) is 3.90. The largest absolute Gasteiger partial charge is 0.441 e. The first-order valence-corrected chi connectivity index (χ1v) is 7.61. The molecule has 1 aliphatic carbocycles. The van der Waals surface area contributed by atoms with Gasteiger partial charge in [0.1, 0.15) is 0 Å². The Bertz CT molecular complexity index is 586. The Morgan fingerprint density at radius 1 is 1.24 bits per heavy atom. The van der Waals surface area contributed by atoms with E-state index in [0.29, 0.717) is 24.8 Å². The third kappa shape index (κ3) is 3.72. The van der Waals surface area contributed by atoms with Gasteiger partial charge in [-0.15, -0.1) is 0 Å². The van der Waals surface area contributed by atoms with Gasteiger partial charge >= 0.3 is 0 Å². The number of hydrogen-bond acceptors (Lipinski definition) is 3. The van der Waals surface area contributed by atoms with Crippen LogP contribution < -0.4 is 5.32 Å². The van der Waals surface area contributed by atoms with Gasteiger partial charge in [0.15, 0.2) is 11.7 Å². The summed E-state index contributed by atoms with van der Waals surface area (Å²) in [5, 5.41) is 3.08. The molecule has 0 unspecified atom stereocenters. The third-order valence-corrected chi connectivity index (χ3v) is 3.90. The van der Waals surface area contributed by atoms with Gasteiger partial charge in [-0.05, 0) is 12.8 Å². The van der Waals surface area contributed by atoms with E-state index in [-0.39, 0.29) is 5.91 Å². The summed E-state index contributed by atoms with van der Waals surface area (Å²) in [6.45, 7) is 0. The lowest BCUT2D eigenvalue weighted by atomic mass is 10.2. The molecule has 0 bridgehead atoms. The summed E-state index contributed by atoms with van der Waals surface area (Å²) >= 11 is 0. The minimum atomic E-state index is 0.0985. The number of rotatable bonds is 5. The standard InChI is InChI=1S/C17H20N2O2/c20-16(19-14-8-4-5-9-14)10-11-17-18-12-15(21-17)13-6-2-1-3-7-13/h1-3,6-7,12,14H,4-5,8-11H2,(H,19,20). The monoisotopic (exact) mass is 284 g/mol. The second-order valence-corrected chi connectivity index (χ2v) is 5.53. The molecule has 21 heavy (non-hydrogen) atoms. The van der Waals surface area contributed by atoms with E-state index in [2.05, 4.69) is 10.3 Å². The number of amides is 1. The molecule has 1 heterocycles. The van der Waals surface area contributed by atoms with Crippen LogP contribution in [-0.2, 0) is 11.2 Å². The average molecular weight is 284 g/mol. The van der Waals surface area contributed by atoms with Crippen LogP contribution in [0.25, 0.3) is 11.3 Å². The van der Waals surface area contributed by atoms with Crippen molar-refractivity contribution in [3.8, 4) is 11.3 Å². The molecule has 0 saturated heterocycles. The summed E-state index contributed by atoms with van der Waals surface area (Å²) in [6.07, 6.45) is 7.39. The van der Waals surface area contributed by atoms with E-state index in [4.69, 9.17) is 4.42 Å². The lowest BCUT2D eigenvalue weighted by Gasteiger charge is -2.10. The Hall–Kier alpha value is -2.10. The minimum absolute atomic E-state index is 0.0985. The van der Waals surface area contributed by atoms with Crippen molar-refractivity contribution in [1.29, 1.82) is 0 Å². The fourth-order valence-corrected chi connectivity index (χ4v) is 2.75. The van der Waals surface area contributed by atoms with Crippen molar-refractivity contribution in [3.63, 3.8) is 0 Å². The first kappa shape index (κ1) is 13.9. The van der Waals surface area contributed by atoms with Gasteiger partial charge in [-0.1, -0.05) is 43.2 Å². The normalized spacial score (nSPS) is 15.2. The number of nitrogens with one attached hydrogen (secondary N) is 1. The molecule has 0 spiro atoms. The maximum Gasteiger partial charge on any atom is 0.220 e. The molecule has 4 nitrogen and oxygen atoms in total. The van der Waals surface area contributed by atoms with Gasteiger partial charge in [-0.25, -0.2) is 4.98 Å². The lowest BCUT2D eigenvalue weighted by Crippen LogP contribution is -2.32. The first-order valence-electron chi connectivity index (χ1n) is 7.61. The molecule has 1 fully saturated rings. The fraction of sp³-hybridized carbons (Fsp3) is 0.412. The van der Waals surface area contributed by atoms with Crippen LogP contribution in [0.3, 0.4) is 0 Å². The second-order valence-electron chi connectivity index (χ2n) is 5.53. The van der Waals surface area contributed by atoms with Gasteiger partial charge in [-0.3, -0.25) is 4.79 Å². The Balaban J connectivity index is 1.51. The molecule has 110 valence electrons. The highest BCUT2D eigenvalue weighted by Gasteiger charge is 2.17.